The van der Waals surface area contributed by atoms with Gasteiger partial charge in [-0.15, -0.1) is 0 Å². The van der Waals surface area contributed by atoms with Crippen molar-refractivity contribution >= 4 is 51.8 Å². The van der Waals surface area contributed by atoms with Crippen LogP contribution in [0.25, 0.3) is 0 Å². The van der Waals surface area contributed by atoms with Crippen LogP contribution in [0.1, 0.15) is 15.9 Å². The molecule has 0 fully saturated rings. The molecule has 0 aliphatic heterocycles. The second-order valence-corrected chi connectivity index (χ2v) is 6.28. The first kappa shape index (κ1) is 16.8. The van der Waals surface area contributed by atoms with Crippen LogP contribution in [0.15, 0.2) is 42.5 Å². The first-order valence-electron chi connectivity index (χ1n) is 6.44. The van der Waals surface area contributed by atoms with E-state index < -0.39 is 5.97 Å². The molecule has 0 atom stereocenters. The number of nitrogens with one attached hydrogen (secondary N) is 1. The lowest BCUT2D eigenvalue weighted by Crippen LogP contribution is -2.21. The highest BCUT2D eigenvalue weighted by atomic mass is 127. The molecule has 0 saturated carbocycles. The molecule has 2 rings (SSSR count). The van der Waals surface area contributed by atoms with Crippen LogP contribution in [-0.4, -0.2) is 18.5 Å². The van der Waals surface area contributed by atoms with E-state index in [9.17, 15) is 9.59 Å². The summed E-state index contributed by atoms with van der Waals surface area (Å²) in [7, 11) is 0. The van der Waals surface area contributed by atoms with E-state index in [-0.39, 0.29) is 12.5 Å². The van der Waals surface area contributed by atoms with E-state index in [0.717, 1.165) is 9.13 Å². The number of rotatable bonds is 4. The fraction of sp³-hybridized carbons (Fsp3) is 0.125. The summed E-state index contributed by atoms with van der Waals surface area (Å²) in [4.78, 5) is 23.6. The number of anilines is 1. The predicted octanol–water partition coefficient (Wildman–Crippen LogP) is 4.05. The first-order chi connectivity index (χ1) is 10.5. The van der Waals surface area contributed by atoms with Crippen LogP contribution >= 0.6 is 34.2 Å². The quantitative estimate of drug-likeness (QED) is 0.589. The highest BCUT2D eigenvalue weighted by Gasteiger charge is 2.11. The van der Waals surface area contributed by atoms with Gasteiger partial charge < -0.3 is 10.1 Å². The van der Waals surface area contributed by atoms with E-state index in [1.165, 1.54) is 6.07 Å². The molecule has 0 aromatic heterocycles. The van der Waals surface area contributed by atoms with Gasteiger partial charge in [-0.3, -0.25) is 4.79 Å². The molecule has 2 aromatic rings. The summed E-state index contributed by atoms with van der Waals surface area (Å²) in [6.07, 6.45) is 0. The smallest absolute Gasteiger partial charge is 0.338 e. The summed E-state index contributed by atoms with van der Waals surface area (Å²) in [5.74, 6) is -0.975. The zero-order valence-electron chi connectivity index (χ0n) is 11.7. The molecular weight excluding hydrogens is 417 g/mol. The Labute approximate surface area is 146 Å². The maximum atomic E-state index is 11.8. The summed E-state index contributed by atoms with van der Waals surface area (Å²) in [6.45, 7) is 1.55. The number of halogens is 2. The summed E-state index contributed by atoms with van der Waals surface area (Å²) in [6, 6.07) is 12.0. The van der Waals surface area contributed by atoms with Gasteiger partial charge in [-0.25, -0.2) is 4.79 Å². The van der Waals surface area contributed by atoms with Crippen LogP contribution < -0.4 is 5.32 Å². The lowest BCUT2D eigenvalue weighted by molar-refractivity contribution is -0.119. The number of hydrogen-bond acceptors (Lipinski definition) is 3. The molecule has 114 valence electrons. The monoisotopic (exact) mass is 429 g/mol. The van der Waals surface area contributed by atoms with Crippen molar-refractivity contribution in [1.82, 2.24) is 0 Å². The third-order valence-corrected chi connectivity index (χ3v) is 3.76. The Bertz CT molecular complexity index is 718. The second kappa shape index (κ2) is 7.60. The van der Waals surface area contributed by atoms with Crippen molar-refractivity contribution in [3.05, 3.63) is 62.2 Å². The van der Waals surface area contributed by atoms with E-state index in [4.69, 9.17) is 16.3 Å². The number of hydrogen-bond donors (Lipinski definition) is 1. The number of esters is 1. The highest BCUT2D eigenvalue weighted by molar-refractivity contribution is 14.1. The lowest BCUT2D eigenvalue weighted by atomic mass is 10.2. The minimum atomic E-state index is -0.586. The molecule has 2 aromatic carbocycles. The van der Waals surface area contributed by atoms with Crippen LogP contribution in [0.4, 0.5) is 5.69 Å². The Morgan fingerprint density at radius 1 is 1.23 bits per heavy atom. The van der Waals surface area contributed by atoms with Gasteiger partial charge in [0.1, 0.15) is 0 Å². The molecule has 1 amide bonds. The molecule has 0 heterocycles. The van der Waals surface area contributed by atoms with Crippen LogP contribution in [0.3, 0.4) is 0 Å². The number of carbonyl (C=O) groups excluding carboxylic acids is 2. The van der Waals surface area contributed by atoms with Gasteiger partial charge in [-0.05, 0) is 71.5 Å². The van der Waals surface area contributed by atoms with Gasteiger partial charge in [0.15, 0.2) is 6.61 Å². The molecule has 0 spiro atoms. The third-order valence-electron chi connectivity index (χ3n) is 2.86. The fourth-order valence-electron chi connectivity index (χ4n) is 1.78. The molecule has 0 aliphatic carbocycles. The Morgan fingerprint density at radius 2 is 2.00 bits per heavy atom. The summed E-state index contributed by atoms with van der Waals surface area (Å²) < 4.78 is 6.05. The number of aryl methyl sites for hydroxylation is 1. The van der Waals surface area contributed by atoms with Gasteiger partial charge in [0, 0.05) is 14.3 Å². The second-order valence-electron chi connectivity index (χ2n) is 4.59. The van der Waals surface area contributed by atoms with Gasteiger partial charge in [0.2, 0.25) is 0 Å². The van der Waals surface area contributed by atoms with Crippen LogP contribution in [0.2, 0.25) is 5.02 Å². The Morgan fingerprint density at radius 3 is 2.68 bits per heavy atom. The van der Waals surface area contributed by atoms with Crippen molar-refractivity contribution in [3.63, 3.8) is 0 Å². The maximum absolute atomic E-state index is 11.8. The molecule has 0 saturated heterocycles. The number of carbonyl (C=O) groups is 2. The third kappa shape index (κ3) is 4.71. The molecule has 22 heavy (non-hydrogen) atoms. The SMILES string of the molecule is Cc1cc(I)ccc1NC(=O)COC(=O)c1cccc(Cl)c1. The van der Waals surface area contributed by atoms with Crippen molar-refractivity contribution in [2.24, 2.45) is 0 Å². The average molecular weight is 430 g/mol. The van der Waals surface area contributed by atoms with Gasteiger partial charge in [0.05, 0.1) is 5.56 Å². The van der Waals surface area contributed by atoms with Crippen LogP contribution in [-0.2, 0) is 9.53 Å². The van der Waals surface area contributed by atoms with E-state index in [1.54, 1.807) is 18.2 Å². The van der Waals surface area contributed by atoms with Crippen LogP contribution in [0, 0.1) is 10.5 Å². The summed E-state index contributed by atoms with van der Waals surface area (Å²) >= 11 is 8.00. The predicted molar refractivity (Wildman–Crippen MR) is 94.3 cm³/mol. The average Bonchev–Trinajstić information content (AvgIpc) is 2.47. The summed E-state index contributed by atoms with van der Waals surface area (Å²) in [5.41, 5.74) is 1.95. The largest absolute Gasteiger partial charge is 0.452 e. The zero-order valence-corrected chi connectivity index (χ0v) is 14.6. The number of benzene rings is 2. The van der Waals surface area contributed by atoms with Crippen molar-refractivity contribution in [2.45, 2.75) is 6.92 Å². The van der Waals surface area contributed by atoms with E-state index in [1.807, 2.05) is 25.1 Å². The van der Waals surface area contributed by atoms with Crippen molar-refractivity contribution in [2.75, 3.05) is 11.9 Å². The molecular formula is C16H13ClINO3. The zero-order chi connectivity index (χ0) is 16.1. The Hall–Kier alpha value is -1.60. The molecule has 0 unspecified atom stereocenters. The molecule has 4 nitrogen and oxygen atoms in total. The standard InChI is InChI=1S/C16H13ClINO3/c1-10-7-13(18)5-6-14(10)19-15(20)9-22-16(21)11-3-2-4-12(17)8-11/h2-8H,9H2,1H3,(H,19,20). The number of amides is 1. The molecule has 1 N–H and O–H groups in total. The molecule has 0 bridgehead atoms. The van der Waals surface area contributed by atoms with Gasteiger partial charge in [-0.1, -0.05) is 17.7 Å². The van der Waals surface area contributed by atoms with E-state index in [0.29, 0.717) is 16.3 Å². The molecule has 6 heteroatoms. The first-order valence-corrected chi connectivity index (χ1v) is 7.90. The maximum Gasteiger partial charge on any atom is 0.338 e. The van der Waals surface area contributed by atoms with E-state index in [2.05, 4.69) is 27.9 Å². The Balaban J connectivity index is 1.91. The van der Waals surface area contributed by atoms with Gasteiger partial charge in [-0.2, -0.15) is 0 Å². The van der Waals surface area contributed by atoms with Crippen molar-refractivity contribution in [1.29, 1.82) is 0 Å². The minimum Gasteiger partial charge on any atom is -0.452 e. The van der Waals surface area contributed by atoms with Crippen LogP contribution in [0.5, 0.6) is 0 Å². The topological polar surface area (TPSA) is 55.4 Å². The van der Waals surface area contributed by atoms with E-state index >= 15 is 0 Å². The van der Waals surface area contributed by atoms with Gasteiger partial charge in [0.25, 0.3) is 5.91 Å². The Kier molecular flexibility index (Phi) is 5.79. The molecule has 0 aliphatic rings. The lowest BCUT2D eigenvalue weighted by Gasteiger charge is -2.09. The normalized spacial score (nSPS) is 10.1. The number of ether oxygens (including phenoxy) is 1. The van der Waals surface area contributed by atoms with Gasteiger partial charge >= 0.3 is 5.97 Å². The molecule has 0 radical (unpaired) electrons. The van der Waals surface area contributed by atoms with Crippen molar-refractivity contribution < 1.29 is 14.3 Å². The summed E-state index contributed by atoms with van der Waals surface area (Å²) in [5, 5.41) is 3.15. The fourth-order valence-corrected chi connectivity index (χ4v) is 2.62. The minimum absolute atomic E-state index is 0.311. The highest BCUT2D eigenvalue weighted by Crippen LogP contribution is 2.17. The van der Waals surface area contributed by atoms with Crippen molar-refractivity contribution in [3.8, 4) is 0 Å².